The maximum atomic E-state index is 6.07. The normalized spacial score (nSPS) is 22.9. The molecule has 1 fully saturated rings. The second kappa shape index (κ2) is 6.43. The number of aromatic nitrogens is 2. The molecule has 0 radical (unpaired) electrons. The number of piperazine rings is 1. The Bertz CT molecular complexity index is 646. The number of rotatable bonds is 3. The number of hydrogen-bond donors (Lipinski definition) is 0. The maximum absolute atomic E-state index is 6.07. The summed E-state index contributed by atoms with van der Waals surface area (Å²) in [7, 11) is 2.19. The van der Waals surface area contributed by atoms with Gasteiger partial charge in [-0.15, -0.1) is 0 Å². The zero-order valence-corrected chi connectivity index (χ0v) is 13.7. The van der Waals surface area contributed by atoms with E-state index in [9.17, 15) is 0 Å². The minimum atomic E-state index is 0.152. The molecule has 0 N–H and O–H groups in total. The van der Waals surface area contributed by atoms with Gasteiger partial charge in [-0.2, -0.15) is 5.10 Å². The number of ether oxygens (including phenoxy) is 1. The monoisotopic (exact) mass is 312 g/mol. The largest absolute Gasteiger partial charge is 0.372 e. The lowest BCUT2D eigenvalue weighted by molar-refractivity contribution is 0.00600. The predicted octanol–water partition coefficient (Wildman–Crippen LogP) is 1.73. The van der Waals surface area contributed by atoms with E-state index in [2.05, 4.69) is 50.9 Å². The second-order valence-electron chi connectivity index (χ2n) is 6.51. The van der Waals surface area contributed by atoms with Crippen LogP contribution in [0.5, 0.6) is 0 Å². The molecule has 0 spiro atoms. The van der Waals surface area contributed by atoms with Crippen LogP contribution in [0.3, 0.4) is 0 Å². The van der Waals surface area contributed by atoms with Gasteiger partial charge in [0.25, 0.3) is 0 Å². The van der Waals surface area contributed by atoms with E-state index in [1.54, 1.807) is 0 Å². The number of para-hydroxylation sites is 1. The van der Waals surface area contributed by atoms with E-state index in [1.807, 2.05) is 12.3 Å². The molecule has 1 unspecified atom stereocenters. The number of fused-ring (bicyclic) bond motifs is 1. The Balaban J connectivity index is 1.54. The fourth-order valence-electron chi connectivity index (χ4n) is 3.50. The Hall–Kier alpha value is -1.69. The molecular weight excluding hydrogens is 288 g/mol. The van der Waals surface area contributed by atoms with Crippen LogP contribution < -0.4 is 0 Å². The van der Waals surface area contributed by atoms with Crippen molar-refractivity contribution >= 4 is 0 Å². The van der Waals surface area contributed by atoms with E-state index in [0.717, 1.165) is 51.4 Å². The standard InChI is InChI=1S/C18H24N4O/c1-20-8-10-21(11-9-20)14-18-16-13-19-22(17(16)7-12-23-18)15-5-3-2-4-6-15/h2-6,13,18H,7-12,14H2,1H3. The van der Waals surface area contributed by atoms with Crippen molar-refractivity contribution < 1.29 is 4.74 Å². The van der Waals surface area contributed by atoms with Crippen molar-refractivity contribution in [1.82, 2.24) is 19.6 Å². The van der Waals surface area contributed by atoms with Crippen molar-refractivity contribution in [3.63, 3.8) is 0 Å². The SMILES string of the molecule is CN1CCN(CC2OCCc3c2cnn3-c2ccccc2)CC1. The fraction of sp³-hybridized carbons (Fsp3) is 0.500. The average molecular weight is 312 g/mol. The van der Waals surface area contributed by atoms with Gasteiger partial charge in [0, 0.05) is 44.7 Å². The summed E-state index contributed by atoms with van der Waals surface area (Å²) >= 11 is 0. The first-order valence-electron chi connectivity index (χ1n) is 8.46. The molecule has 1 aromatic heterocycles. The smallest absolute Gasteiger partial charge is 0.0985 e. The lowest BCUT2D eigenvalue weighted by atomic mass is 10.0. The van der Waals surface area contributed by atoms with Crippen molar-refractivity contribution in [1.29, 1.82) is 0 Å². The summed E-state index contributed by atoms with van der Waals surface area (Å²) in [5, 5.41) is 4.63. The molecule has 2 aromatic rings. The lowest BCUT2D eigenvalue weighted by Crippen LogP contribution is -2.46. The molecule has 0 amide bonds. The summed E-state index contributed by atoms with van der Waals surface area (Å²) in [6.07, 6.45) is 3.09. The summed E-state index contributed by atoms with van der Waals surface area (Å²) in [6.45, 7) is 6.29. The van der Waals surface area contributed by atoms with Crippen molar-refractivity contribution in [2.75, 3.05) is 46.4 Å². The van der Waals surface area contributed by atoms with Gasteiger partial charge < -0.3 is 9.64 Å². The maximum Gasteiger partial charge on any atom is 0.0985 e. The van der Waals surface area contributed by atoms with E-state index in [4.69, 9.17) is 4.74 Å². The Kier molecular flexibility index (Phi) is 4.16. The van der Waals surface area contributed by atoms with Crippen LogP contribution in [-0.2, 0) is 11.2 Å². The van der Waals surface area contributed by atoms with Gasteiger partial charge in [-0.05, 0) is 19.2 Å². The second-order valence-corrected chi connectivity index (χ2v) is 6.51. The number of nitrogens with zero attached hydrogens (tertiary/aromatic N) is 4. The first kappa shape index (κ1) is 14.9. The van der Waals surface area contributed by atoms with Crippen LogP contribution in [-0.4, -0.2) is 66.0 Å². The summed E-state index contributed by atoms with van der Waals surface area (Å²) < 4.78 is 8.15. The molecule has 1 atom stereocenters. The van der Waals surface area contributed by atoms with Crippen molar-refractivity contribution in [2.24, 2.45) is 0 Å². The van der Waals surface area contributed by atoms with Crippen molar-refractivity contribution in [2.45, 2.75) is 12.5 Å². The topological polar surface area (TPSA) is 33.5 Å². The summed E-state index contributed by atoms with van der Waals surface area (Å²) in [5.41, 5.74) is 3.70. The van der Waals surface area contributed by atoms with Gasteiger partial charge in [0.1, 0.15) is 0 Å². The molecular formula is C18H24N4O. The zero-order valence-electron chi connectivity index (χ0n) is 13.7. The van der Waals surface area contributed by atoms with E-state index >= 15 is 0 Å². The molecule has 2 aliphatic rings. The molecule has 5 nitrogen and oxygen atoms in total. The van der Waals surface area contributed by atoms with Gasteiger partial charge >= 0.3 is 0 Å². The van der Waals surface area contributed by atoms with Crippen molar-refractivity contribution in [3.05, 3.63) is 47.8 Å². The number of hydrogen-bond acceptors (Lipinski definition) is 4. The van der Waals surface area contributed by atoms with Crippen LogP contribution in [0.2, 0.25) is 0 Å². The quantitative estimate of drug-likeness (QED) is 0.864. The number of benzene rings is 1. The third kappa shape index (κ3) is 3.04. The Morgan fingerprint density at radius 2 is 1.91 bits per heavy atom. The minimum Gasteiger partial charge on any atom is -0.372 e. The highest BCUT2D eigenvalue weighted by atomic mass is 16.5. The van der Waals surface area contributed by atoms with Crippen LogP contribution in [0.1, 0.15) is 17.4 Å². The summed E-state index contributed by atoms with van der Waals surface area (Å²) in [5.74, 6) is 0. The van der Waals surface area contributed by atoms with E-state index in [-0.39, 0.29) is 6.10 Å². The molecule has 1 saturated heterocycles. The summed E-state index contributed by atoms with van der Waals surface area (Å²) in [6, 6.07) is 10.4. The third-order valence-electron chi connectivity index (χ3n) is 4.93. The summed E-state index contributed by atoms with van der Waals surface area (Å²) in [4.78, 5) is 4.90. The van der Waals surface area contributed by atoms with E-state index in [0.29, 0.717) is 0 Å². The Morgan fingerprint density at radius 1 is 1.13 bits per heavy atom. The van der Waals surface area contributed by atoms with Gasteiger partial charge in [-0.1, -0.05) is 18.2 Å². The van der Waals surface area contributed by atoms with Crippen molar-refractivity contribution in [3.8, 4) is 5.69 Å². The number of likely N-dealkylation sites (N-methyl/N-ethyl adjacent to an activating group) is 1. The van der Waals surface area contributed by atoms with Crippen LogP contribution in [0.15, 0.2) is 36.5 Å². The third-order valence-corrected chi connectivity index (χ3v) is 4.93. The van der Waals surface area contributed by atoms with E-state index < -0.39 is 0 Å². The lowest BCUT2D eigenvalue weighted by Gasteiger charge is -2.35. The highest BCUT2D eigenvalue weighted by Crippen LogP contribution is 2.29. The highest BCUT2D eigenvalue weighted by molar-refractivity contribution is 5.36. The Labute approximate surface area is 137 Å². The first-order valence-corrected chi connectivity index (χ1v) is 8.46. The van der Waals surface area contributed by atoms with Gasteiger partial charge in [0.2, 0.25) is 0 Å². The molecule has 2 aliphatic heterocycles. The van der Waals surface area contributed by atoms with Gasteiger partial charge in [0.05, 0.1) is 30.3 Å². The molecule has 5 heteroatoms. The Morgan fingerprint density at radius 3 is 2.70 bits per heavy atom. The first-order chi connectivity index (χ1) is 11.3. The van der Waals surface area contributed by atoms with Gasteiger partial charge in [-0.25, -0.2) is 4.68 Å². The van der Waals surface area contributed by atoms with Gasteiger partial charge in [0.15, 0.2) is 0 Å². The zero-order chi connectivity index (χ0) is 15.6. The molecule has 122 valence electrons. The molecule has 4 rings (SSSR count). The molecule has 0 aliphatic carbocycles. The molecule has 0 saturated carbocycles. The van der Waals surface area contributed by atoms with E-state index in [1.165, 1.54) is 11.3 Å². The predicted molar refractivity (Wildman–Crippen MR) is 89.9 cm³/mol. The molecule has 1 aromatic carbocycles. The molecule has 23 heavy (non-hydrogen) atoms. The van der Waals surface area contributed by atoms with Crippen LogP contribution in [0, 0.1) is 0 Å². The fourth-order valence-corrected chi connectivity index (χ4v) is 3.50. The van der Waals surface area contributed by atoms with Crippen LogP contribution in [0.25, 0.3) is 5.69 Å². The van der Waals surface area contributed by atoms with Crippen LogP contribution >= 0.6 is 0 Å². The van der Waals surface area contributed by atoms with Gasteiger partial charge in [-0.3, -0.25) is 4.90 Å². The molecule has 3 heterocycles. The average Bonchev–Trinajstić information content (AvgIpc) is 3.03. The van der Waals surface area contributed by atoms with Crippen LogP contribution in [0.4, 0.5) is 0 Å². The molecule has 0 bridgehead atoms. The minimum absolute atomic E-state index is 0.152. The highest BCUT2D eigenvalue weighted by Gasteiger charge is 2.28.